The Morgan fingerprint density at radius 3 is 2.88 bits per heavy atom. The number of aromatic amines is 1. The first-order valence-corrected chi connectivity index (χ1v) is 7.32. The average Bonchev–Trinajstić information content (AvgIpc) is 3.09. The molecule has 0 radical (unpaired) electrons. The van der Waals surface area contributed by atoms with Gasteiger partial charge in [0.25, 0.3) is 5.56 Å². The summed E-state index contributed by atoms with van der Waals surface area (Å²) < 4.78 is 17.6. The largest absolute Gasteiger partial charge is 0.463 e. The van der Waals surface area contributed by atoms with Crippen molar-refractivity contribution < 1.29 is 23.8 Å². The molecule has 3 unspecified atom stereocenters. The van der Waals surface area contributed by atoms with Crippen LogP contribution in [0.3, 0.4) is 0 Å². The van der Waals surface area contributed by atoms with E-state index in [0.717, 1.165) is 0 Å². The lowest BCUT2D eigenvalue weighted by Crippen LogP contribution is -2.24. The third-order valence-corrected chi connectivity index (χ3v) is 3.57. The molecule has 1 saturated heterocycles. The van der Waals surface area contributed by atoms with Gasteiger partial charge in [-0.15, -0.1) is 0 Å². The molecule has 1 aliphatic rings. The second-order valence-corrected chi connectivity index (χ2v) is 5.39. The molecule has 0 bridgehead atoms. The Morgan fingerprint density at radius 2 is 2.17 bits per heavy atom. The number of hydrogen-bond acceptors (Lipinski definition) is 8. The first-order chi connectivity index (χ1) is 11.5. The minimum Gasteiger partial charge on any atom is -0.463 e. The van der Waals surface area contributed by atoms with Crippen molar-refractivity contribution >= 4 is 23.1 Å². The minimum absolute atomic E-state index is 0.0459. The summed E-state index contributed by atoms with van der Waals surface area (Å²) >= 11 is 0. The van der Waals surface area contributed by atoms with Crippen molar-refractivity contribution in [2.24, 2.45) is 0 Å². The van der Waals surface area contributed by atoms with Crippen molar-refractivity contribution in [3.63, 3.8) is 0 Å². The second-order valence-electron chi connectivity index (χ2n) is 5.39. The van der Waals surface area contributed by atoms with Gasteiger partial charge in [-0.2, -0.15) is 0 Å². The van der Waals surface area contributed by atoms with Gasteiger partial charge in [0.2, 0.25) is 0 Å². The normalized spacial score (nSPS) is 23.3. The average molecular weight is 336 g/mol. The number of carbonyl (C=O) groups excluding carboxylic acids is 2. The Hall–Kier alpha value is -2.75. The van der Waals surface area contributed by atoms with Gasteiger partial charge in [0.1, 0.15) is 12.7 Å². The summed E-state index contributed by atoms with van der Waals surface area (Å²) in [7, 11) is 0. The fourth-order valence-electron chi connectivity index (χ4n) is 2.65. The quantitative estimate of drug-likeness (QED) is 0.767. The molecule has 3 atom stereocenters. The maximum absolute atomic E-state index is 11.8. The van der Waals surface area contributed by atoms with Crippen LogP contribution in [0.2, 0.25) is 0 Å². The third kappa shape index (κ3) is 3.13. The van der Waals surface area contributed by atoms with E-state index < -0.39 is 30.4 Å². The van der Waals surface area contributed by atoms with E-state index in [1.165, 1.54) is 31.1 Å². The number of rotatable bonds is 4. The van der Waals surface area contributed by atoms with Crippen LogP contribution in [-0.4, -0.2) is 50.3 Å². The third-order valence-electron chi connectivity index (χ3n) is 3.57. The maximum atomic E-state index is 11.8. The summed E-state index contributed by atoms with van der Waals surface area (Å²) in [4.78, 5) is 44.6. The molecule has 0 spiro atoms. The molecule has 1 aliphatic heterocycles. The van der Waals surface area contributed by atoms with Crippen LogP contribution in [0.15, 0.2) is 17.4 Å². The Morgan fingerprint density at radius 1 is 1.38 bits per heavy atom. The Bertz CT molecular complexity index is 828. The van der Waals surface area contributed by atoms with Crippen molar-refractivity contribution in [2.45, 2.75) is 38.7 Å². The molecule has 0 aromatic carbocycles. The molecular weight excluding hydrogens is 320 g/mol. The Labute approximate surface area is 135 Å². The lowest BCUT2D eigenvalue weighted by molar-refractivity contribution is -0.152. The van der Waals surface area contributed by atoms with E-state index >= 15 is 0 Å². The summed E-state index contributed by atoms with van der Waals surface area (Å²) in [6, 6.07) is 0. The maximum Gasteiger partial charge on any atom is 0.303 e. The molecule has 1 fully saturated rings. The summed E-state index contributed by atoms with van der Waals surface area (Å²) in [5, 5.41) is 0. The predicted octanol–water partition coefficient (Wildman–Crippen LogP) is -0.0981. The van der Waals surface area contributed by atoms with Gasteiger partial charge in [0.15, 0.2) is 17.4 Å². The van der Waals surface area contributed by atoms with E-state index in [9.17, 15) is 14.4 Å². The zero-order valence-electron chi connectivity index (χ0n) is 13.1. The van der Waals surface area contributed by atoms with Crippen molar-refractivity contribution in [3.8, 4) is 0 Å². The standard InChI is InChI=1S/C14H16N4O6/c1-7(19)22-4-9-3-10(23-8(2)20)14(24-9)18-6-17-11-12(18)15-5-16-13(11)21/h5-6,9-10,14H,3-4H2,1-2H3,(H,15,16,21). The van der Waals surface area contributed by atoms with Gasteiger partial charge in [-0.25, -0.2) is 9.97 Å². The van der Waals surface area contributed by atoms with E-state index in [1.807, 2.05) is 0 Å². The number of hydrogen-bond donors (Lipinski definition) is 1. The van der Waals surface area contributed by atoms with Crippen molar-refractivity contribution in [1.82, 2.24) is 19.5 Å². The molecule has 2 aromatic rings. The van der Waals surface area contributed by atoms with Gasteiger partial charge < -0.3 is 19.2 Å². The molecule has 3 rings (SSSR count). The highest BCUT2D eigenvalue weighted by Crippen LogP contribution is 2.33. The van der Waals surface area contributed by atoms with E-state index in [-0.39, 0.29) is 17.7 Å². The molecule has 0 amide bonds. The van der Waals surface area contributed by atoms with Crippen LogP contribution >= 0.6 is 0 Å². The highest BCUT2D eigenvalue weighted by Gasteiger charge is 2.40. The van der Waals surface area contributed by atoms with Crippen LogP contribution in [0, 0.1) is 0 Å². The van der Waals surface area contributed by atoms with Gasteiger partial charge in [-0.3, -0.25) is 19.0 Å². The number of nitrogens with zero attached hydrogens (tertiary/aromatic N) is 3. The van der Waals surface area contributed by atoms with Crippen LogP contribution < -0.4 is 5.56 Å². The number of nitrogens with one attached hydrogen (secondary N) is 1. The molecule has 0 saturated carbocycles. The van der Waals surface area contributed by atoms with Crippen LogP contribution in [-0.2, 0) is 23.8 Å². The molecule has 2 aromatic heterocycles. The molecule has 128 valence electrons. The highest BCUT2D eigenvalue weighted by molar-refractivity contribution is 5.69. The van der Waals surface area contributed by atoms with Crippen LogP contribution in [0.25, 0.3) is 11.2 Å². The topological polar surface area (TPSA) is 125 Å². The van der Waals surface area contributed by atoms with Gasteiger partial charge in [-0.1, -0.05) is 0 Å². The molecule has 24 heavy (non-hydrogen) atoms. The Kier molecular flexibility index (Phi) is 4.30. The number of fused-ring (bicyclic) bond motifs is 1. The zero-order valence-corrected chi connectivity index (χ0v) is 13.1. The first kappa shape index (κ1) is 16.1. The summed E-state index contributed by atoms with van der Waals surface area (Å²) in [6.45, 7) is 2.64. The number of esters is 2. The molecule has 3 heterocycles. The van der Waals surface area contributed by atoms with E-state index in [2.05, 4.69) is 15.0 Å². The number of H-pyrrole nitrogens is 1. The summed E-state index contributed by atoms with van der Waals surface area (Å²) in [6.07, 6.45) is 1.25. The van der Waals surface area contributed by atoms with Gasteiger partial charge in [-0.05, 0) is 0 Å². The van der Waals surface area contributed by atoms with Crippen LogP contribution in [0.5, 0.6) is 0 Å². The van der Waals surface area contributed by atoms with Crippen molar-refractivity contribution in [3.05, 3.63) is 23.0 Å². The fraction of sp³-hybridized carbons (Fsp3) is 0.500. The van der Waals surface area contributed by atoms with E-state index in [0.29, 0.717) is 12.1 Å². The van der Waals surface area contributed by atoms with Crippen LogP contribution in [0.4, 0.5) is 0 Å². The van der Waals surface area contributed by atoms with Crippen molar-refractivity contribution in [2.75, 3.05) is 6.61 Å². The number of aromatic nitrogens is 4. The summed E-state index contributed by atoms with van der Waals surface area (Å²) in [5.74, 6) is -0.885. The predicted molar refractivity (Wildman–Crippen MR) is 78.9 cm³/mol. The fourth-order valence-corrected chi connectivity index (χ4v) is 2.65. The Balaban J connectivity index is 1.90. The SMILES string of the molecule is CC(=O)OCC1CC(OC(C)=O)C(n2cnc3c(=O)[nH]cnc32)O1. The van der Waals surface area contributed by atoms with Crippen molar-refractivity contribution in [1.29, 1.82) is 0 Å². The smallest absolute Gasteiger partial charge is 0.303 e. The zero-order chi connectivity index (χ0) is 17.3. The lowest BCUT2D eigenvalue weighted by atomic mass is 10.2. The lowest BCUT2D eigenvalue weighted by Gasteiger charge is -2.19. The first-order valence-electron chi connectivity index (χ1n) is 7.32. The summed E-state index contributed by atoms with van der Waals surface area (Å²) in [5.41, 5.74) is 0.0948. The highest BCUT2D eigenvalue weighted by atomic mass is 16.6. The van der Waals surface area contributed by atoms with E-state index in [1.54, 1.807) is 0 Å². The number of imidazole rings is 1. The number of carbonyl (C=O) groups is 2. The monoisotopic (exact) mass is 336 g/mol. The van der Waals surface area contributed by atoms with Gasteiger partial charge in [0.05, 0.1) is 18.8 Å². The number of ether oxygens (including phenoxy) is 3. The molecule has 10 nitrogen and oxygen atoms in total. The second kappa shape index (κ2) is 6.40. The van der Waals surface area contributed by atoms with E-state index in [4.69, 9.17) is 14.2 Å². The van der Waals surface area contributed by atoms with Gasteiger partial charge in [0, 0.05) is 20.3 Å². The molecule has 0 aliphatic carbocycles. The molecular formula is C14H16N4O6. The molecule has 10 heteroatoms. The minimum atomic E-state index is -0.714. The molecule has 1 N–H and O–H groups in total. The van der Waals surface area contributed by atoms with Crippen LogP contribution in [0.1, 0.15) is 26.5 Å². The van der Waals surface area contributed by atoms with Gasteiger partial charge >= 0.3 is 11.9 Å².